The number of anilines is 1. The second-order valence-corrected chi connectivity index (χ2v) is 3.75. The normalized spacial score (nSPS) is 13.3. The summed E-state index contributed by atoms with van der Waals surface area (Å²) in [6.07, 6.45) is 8.34. The van der Waals surface area contributed by atoms with Crippen LogP contribution < -0.4 is 5.06 Å². The van der Waals surface area contributed by atoms with E-state index in [4.69, 9.17) is 10.7 Å². The van der Waals surface area contributed by atoms with Crippen LogP contribution in [0.25, 0.3) is 0 Å². The summed E-state index contributed by atoms with van der Waals surface area (Å²) in [5, 5.41) is 26.9. The van der Waals surface area contributed by atoms with E-state index >= 15 is 0 Å². The van der Waals surface area contributed by atoms with Crippen molar-refractivity contribution >= 4 is 11.4 Å². The average Bonchev–Trinajstić information content (AvgIpc) is 2.41. The van der Waals surface area contributed by atoms with Gasteiger partial charge in [-0.15, -0.1) is 0 Å². The number of nitriles is 1. The highest BCUT2D eigenvalue weighted by atomic mass is 16.5. The summed E-state index contributed by atoms with van der Waals surface area (Å²) in [5.41, 5.74) is 2.34. The van der Waals surface area contributed by atoms with Gasteiger partial charge in [0.25, 0.3) is 0 Å². The molecule has 18 heavy (non-hydrogen) atoms. The number of rotatable bonds is 2. The van der Waals surface area contributed by atoms with E-state index in [1.165, 1.54) is 0 Å². The van der Waals surface area contributed by atoms with Crippen LogP contribution in [0.1, 0.15) is 5.56 Å². The minimum Gasteiger partial charge on any atom is -0.301 e. The Morgan fingerprint density at radius 2 is 1.72 bits per heavy atom. The molecule has 0 saturated carbocycles. The molecule has 0 amide bonds. The Labute approximate surface area is 105 Å². The molecule has 1 aromatic rings. The van der Waals surface area contributed by atoms with Gasteiger partial charge in [0, 0.05) is 6.20 Å². The number of allylic oxidation sites excluding steroid dienone is 5. The lowest BCUT2D eigenvalue weighted by Gasteiger charge is -2.13. The predicted octanol–water partition coefficient (Wildman–Crippen LogP) is 2.78. The molecule has 88 valence electrons. The quantitative estimate of drug-likeness (QED) is 0.777. The Kier molecular flexibility index (Phi) is 3.37. The molecular weight excluding hydrogens is 226 g/mol. The number of hydrogen-bond donors (Lipinski definition) is 2. The highest BCUT2D eigenvalue weighted by molar-refractivity contribution is 6.03. The molecule has 0 aromatic heterocycles. The van der Waals surface area contributed by atoms with Crippen molar-refractivity contribution in [2.75, 3.05) is 5.06 Å². The third kappa shape index (κ3) is 2.73. The molecule has 0 atom stereocenters. The molecule has 1 aliphatic rings. The molecule has 0 saturated heterocycles. The van der Waals surface area contributed by atoms with Gasteiger partial charge in [-0.3, -0.25) is 5.21 Å². The van der Waals surface area contributed by atoms with E-state index in [2.05, 4.69) is 0 Å². The van der Waals surface area contributed by atoms with Crippen LogP contribution in [-0.4, -0.2) is 10.9 Å². The van der Waals surface area contributed by atoms with Gasteiger partial charge in [0.2, 0.25) is 0 Å². The number of hydroxylamine groups is 1. The number of hydrogen-bond acceptors (Lipinski definition) is 4. The molecule has 0 bridgehead atoms. The third-order valence-corrected chi connectivity index (χ3v) is 2.44. The second kappa shape index (κ2) is 5.13. The van der Waals surface area contributed by atoms with Crippen molar-refractivity contribution in [3.8, 4) is 6.07 Å². The van der Waals surface area contributed by atoms with E-state index in [1.54, 1.807) is 54.8 Å². The molecule has 0 fully saturated rings. The molecule has 1 aromatic carbocycles. The van der Waals surface area contributed by atoms with E-state index in [1.807, 2.05) is 6.07 Å². The van der Waals surface area contributed by atoms with Crippen molar-refractivity contribution in [1.82, 2.24) is 0 Å². The van der Waals surface area contributed by atoms with E-state index in [0.717, 1.165) is 10.6 Å². The summed E-state index contributed by atoms with van der Waals surface area (Å²) in [4.78, 5) is 0. The zero-order valence-electron chi connectivity index (χ0n) is 9.54. The Morgan fingerprint density at radius 3 is 2.28 bits per heavy atom. The van der Waals surface area contributed by atoms with Crippen LogP contribution >= 0.6 is 0 Å². The van der Waals surface area contributed by atoms with Crippen molar-refractivity contribution in [2.24, 2.45) is 0 Å². The van der Waals surface area contributed by atoms with Crippen LogP contribution in [0.4, 0.5) is 5.69 Å². The molecule has 2 N–H and O–H groups in total. The smallest absolute Gasteiger partial charge is 0.0991 e. The zero-order valence-corrected chi connectivity index (χ0v) is 9.54. The fourth-order valence-electron chi connectivity index (χ4n) is 1.47. The highest BCUT2D eigenvalue weighted by Crippen LogP contribution is 2.16. The van der Waals surface area contributed by atoms with Gasteiger partial charge in [0.15, 0.2) is 0 Å². The first kappa shape index (κ1) is 11.8. The van der Waals surface area contributed by atoms with E-state index in [0.29, 0.717) is 17.0 Å². The molecule has 0 spiro atoms. The lowest BCUT2D eigenvalue weighted by molar-refractivity contribution is 0.295. The van der Waals surface area contributed by atoms with Gasteiger partial charge in [-0.05, 0) is 42.0 Å². The van der Waals surface area contributed by atoms with Crippen LogP contribution in [0, 0.1) is 16.7 Å². The van der Waals surface area contributed by atoms with Crippen LogP contribution in [0.5, 0.6) is 0 Å². The zero-order chi connectivity index (χ0) is 13.0. The first-order valence-electron chi connectivity index (χ1n) is 5.34. The first-order valence-corrected chi connectivity index (χ1v) is 5.34. The minimum atomic E-state index is 0.426. The fourth-order valence-corrected chi connectivity index (χ4v) is 1.47. The predicted molar refractivity (Wildman–Crippen MR) is 69.5 cm³/mol. The van der Waals surface area contributed by atoms with E-state index < -0.39 is 0 Å². The molecule has 1 aliphatic carbocycles. The fraction of sp³-hybridized carbons (Fsp3) is 0. The summed E-state index contributed by atoms with van der Waals surface area (Å²) in [6.45, 7) is 0. The van der Waals surface area contributed by atoms with Gasteiger partial charge in [0.05, 0.1) is 23.0 Å². The lowest BCUT2D eigenvalue weighted by Crippen LogP contribution is -2.10. The molecule has 0 unspecified atom stereocenters. The molecule has 0 aliphatic heterocycles. The third-order valence-electron chi connectivity index (χ3n) is 2.44. The molecule has 4 nitrogen and oxygen atoms in total. The van der Waals surface area contributed by atoms with Crippen molar-refractivity contribution in [3.63, 3.8) is 0 Å². The highest BCUT2D eigenvalue weighted by Gasteiger charge is 2.02. The maximum absolute atomic E-state index is 9.85. The molecule has 0 heterocycles. The number of nitrogens with zero attached hydrogens (tertiary/aromatic N) is 2. The standard InChI is InChI=1S/C14H11N3O/c15-9-11-3-7-14(8-4-11)17(18)10-12-1-5-13(16)6-2-12/h1-8,10,16,18H. The molecule has 2 rings (SSSR count). The van der Waals surface area contributed by atoms with Crippen molar-refractivity contribution < 1.29 is 5.21 Å². The molecule has 0 radical (unpaired) electrons. The largest absolute Gasteiger partial charge is 0.301 e. The SMILES string of the molecule is N#Cc1ccc(N(O)C=C2C=CC(=N)C=C2)cc1. The topological polar surface area (TPSA) is 71.1 Å². The Morgan fingerprint density at radius 1 is 1.11 bits per heavy atom. The van der Waals surface area contributed by atoms with Gasteiger partial charge < -0.3 is 5.41 Å². The summed E-state index contributed by atoms with van der Waals surface area (Å²) >= 11 is 0. The maximum Gasteiger partial charge on any atom is 0.0991 e. The van der Waals surface area contributed by atoms with Crippen molar-refractivity contribution in [1.29, 1.82) is 10.7 Å². The number of benzene rings is 1. The Balaban J connectivity index is 2.17. The van der Waals surface area contributed by atoms with Crippen molar-refractivity contribution in [2.45, 2.75) is 0 Å². The Bertz CT molecular complexity index is 570. The first-order chi connectivity index (χ1) is 8.69. The van der Waals surface area contributed by atoms with Crippen LogP contribution in [0.3, 0.4) is 0 Å². The van der Waals surface area contributed by atoms with Crippen LogP contribution in [0.15, 0.2) is 60.3 Å². The van der Waals surface area contributed by atoms with Gasteiger partial charge in [-0.2, -0.15) is 5.26 Å². The van der Waals surface area contributed by atoms with Crippen molar-refractivity contribution in [3.05, 3.63) is 65.9 Å². The second-order valence-electron chi connectivity index (χ2n) is 3.75. The van der Waals surface area contributed by atoms with Crippen LogP contribution in [0.2, 0.25) is 0 Å². The Hall–Kier alpha value is -2.64. The van der Waals surface area contributed by atoms with E-state index in [9.17, 15) is 5.21 Å². The summed E-state index contributed by atoms with van der Waals surface area (Å²) < 4.78 is 0. The number of nitrogens with one attached hydrogen (secondary N) is 1. The molecule has 4 heteroatoms. The van der Waals surface area contributed by atoms with Gasteiger partial charge in [0.1, 0.15) is 0 Å². The lowest BCUT2D eigenvalue weighted by atomic mass is 10.1. The maximum atomic E-state index is 9.85. The van der Waals surface area contributed by atoms with Gasteiger partial charge in [-0.25, -0.2) is 5.06 Å². The van der Waals surface area contributed by atoms with Crippen LogP contribution in [-0.2, 0) is 0 Å². The van der Waals surface area contributed by atoms with Gasteiger partial charge >= 0.3 is 0 Å². The summed E-state index contributed by atoms with van der Waals surface area (Å²) in [5.74, 6) is 0. The molecular formula is C14H11N3O. The summed E-state index contributed by atoms with van der Waals surface area (Å²) in [6, 6.07) is 8.62. The van der Waals surface area contributed by atoms with Gasteiger partial charge in [-0.1, -0.05) is 12.2 Å². The monoisotopic (exact) mass is 237 g/mol. The minimum absolute atomic E-state index is 0.426. The summed E-state index contributed by atoms with van der Waals surface area (Å²) in [7, 11) is 0. The average molecular weight is 237 g/mol. The van der Waals surface area contributed by atoms with E-state index in [-0.39, 0.29) is 0 Å².